The van der Waals surface area contributed by atoms with Crippen LogP contribution in [0.4, 0.5) is 0 Å². The summed E-state index contributed by atoms with van der Waals surface area (Å²) in [5, 5.41) is 13.1. The third kappa shape index (κ3) is 4.91. The van der Waals surface area contributed by atoms with E-state index in [1.165, 1.54) is 0 Å². The van der Waals surface area contributed by atoms with Crippen molar-refractivity contribution in [3.05, 3.63) is 35.9 Å². The van der Waals surface area contributed by atoms with Gasteiger partial charge in [-0.25, -0.2) is 0 Å². The van der Waals surface area contributed by atoms with Gasteiger partial charge in [0.1, 0.15) is 0 Å². The van der Waals surface area contributed by atoms with Crippen LogP contribution in [-0.2, 0) is 16.1 Å². The zero-order valence-electron chi connectivity index (χ0n) is 11.5. The minimum atomic E-state index is -0.465. The highest BCUT2D eigenvalue weighted by molar-refractivity contribution is 5.13. The molecule has 0 aromatic heterocycles. The summed E-state index contributed by atoms with van der Waals surface area (Å²) in [4.78, 5) is 0. The topological polar surface area (TPSA) is 50.7 Å². The second-order valence-electron chi connectivity index (χ2n) is 5.59. The lowest BCUT2D eigenvalue weighted by atomic mass is 9.89. The zero-order valence-corrected chi connectivity index (χ0v) is 11.5. The second-order valence-corrected chi connectivity index (χ2v) is 5.59. The van der Waals surface area contributed by atoms with Gasteiger partial charge >= 0.3 is 0 Å². The van der Waals surface area contributed by atoms with Crippen molar-refractivity contribution in [3.63, 3.8) is 0 Å². The van der Waals surface area contributed by atoms with Gasteiger partial charge in [-0.15, -0.1) is 0 Å². The van der Waals surface area contributed by atoms with Crippen molar-refractivity contribution in [2.24, 2.45) is 5.41 Å². The number of aliphatic hydroxyl groups excluding tert-OH is 1. The van der Waals surface area contributed by atoms with Crippen LogP contribution in [0.5, 0.6) is 0 Å². The zero-order chi connectivity index (χ0) is 13.6. The molecular weight excluding hydrogens is 242 g/mol. The molecule has 1 aromatic rings. The lowest BCUT2D eigenvalue weighted by molar-refractivity contribution is -0.100. The van der Waals surface area contributed by atoms with E-state index in [9.17, 15) is 5.11 Å². The fourth-order valence-electron chi connectivity index (χ4n) is 2.04. The summed E-state index contributed by atoms with van der Waals surface area (Å²) in [6, 6.07) is 9.98. The summed E-state index contributed by atoms with van der Waals surface area (Å²) >= 11 is 0. The van der Waals surface area contributed by atoms with Crippen LogP contribution in [0.2, 0.25) is 0 Å². The van der Waals surface area contributed by atoms with Crippen molar-refractivity contribution in [1.29, 1.82) is 0 Å². The maximum atomic E-state index is 9.80. The standard InChI is InChI=1S/C15H23NO3/c1-15(11-19-12-15)10-16-7-14(17)9-18-8-13-5-3-2-4-6-13/h2-6,14,16-17H,7-12H2,1H3. The molecule has 0 bridgehead atoms. The largest absolute Gasteiger partial charge is 0.389 e. The first kappa shape index (κ1) is 14.5. The van der Waals surface area contributed by atoms with Crippen molar-refractivity contribution >= 4 is 0 Å². The average Bonchev–Trinajstić information content (AvgIpc) is 2.38. The smallest absolute Gasteiger partial charge is 0.0897 e. The molecule has 1 aliphatic rings. The summed E-state index contributed by atoms with van der Waals surface area (Å²) in [5.41, 5.74) is 1.37. The molecular formula is C15H23NO3. The maximum Gasteiger partial charge on any atom is 0.0897 e. The summed E-state index contributed by atoms with van der Waals surface area (Å²) in [6.07, 6.45) is -0.465. The first-order valence-electron chi connectivity index (χ1n) is 6.76. The van der Waals surface area contributed by atoms with E-state index in [4.69, 9.17) is 9.47 Å². The molecule has 0 radical (unpaired) electrons. The number of hydrogen-bond acceptors (Lipinski definition) is 4. The lowest BCUT2D eigenvalue weighted by Gasteiger charge is -2.38. The van der Waals surface area contributed by atoms with Crippen molar-refractivity contribution in [3.8, 4) is 0 Å². The van der Waals surface area contributed by atoms with Gasteiger partial charge in [-0.1, -0.05) is 37.3 Å². The SMILES string of the molecule is CC1(CNCC(O)COCc2ccccc2)COC1. The highest BCUT2D eigenvalue weighted by Gasteiger charge is 2.32. The Morgan fingerprint density at radius 1 is 1.37 bits per heavy atom. The molecule has 1 heterocycles. The van der Waals surface area contributed by atoms with Crippen LogP contribution >= 0.6 is 0 Å². The minimum Gasteiger partial charge on any atom is -0.389 e. The Kier molecular flexibility index (Phi) is 5.34. The van der Waals surface area contributed by atoms with Gasteiger partial charge in [0.05, 0.1) is 32.5 Å². The van der Waals surface area contributed by atoms with Crippen LogP contribution in [0.25, 0.3) is 0 Å². The molecule has 1 aliphatic heterocycles. The lowest BCUT2D eigenvalue weighted by Crippen LogP contribution is -2.48. The predicted molar refractivity (Wildman–Crippen MR) is 73.9 cm³/mol. The predicted octanol–water partition coefficient (Wildman–Crippen LogP) is 1.19. The Balaban J connectivity index is 1.53. The third-order valence-electron chi connectivity index (χ3n) is 3.25. The van der Waals surface area contributed by atoms with Crippen LogP contribution in [-0.4, -0.2) is 44.1 Å². The average molecular weight is 265 g/mol. The van der Waals surface area contributed by atoms with Crippen LogP contribution in [0, 0.1) is 5.41 Å². The molecule has 1 saturated heterocycles. The van der Waals surface area contributed by atoms with E-state index in [0.717, 1.165) is 25.3 Å². The van der Waals surface area contributed by atoms with Crippen molar-refractivity contribution in [2.75, 3.05) is 32.9 Å². The number of nitrogens with one attached hydrogen (secondary N) is 1. The van der Waals surface area contributed by atoms with E-state index in [2.05, 4.69) is 12.2 Å². The van der Waals surface area contributed by atoms with E-state index in [1.54, 1.807) is 0 Å². The number of benzene rings is 1. The van der Waals surface area contributed by atoms with E-state index < -0.39 is 6.10 Å². The molecule has 19 heavy (non-hydrogen) atoms. The Morgan fingerprint density at radius 3 is 2.74 bits per heavy atom. The number of rotatable bonds is 8. The van der Waals surface area contributed by atoms with Crippen molar-refractivity contribution < 1.29 is 14.6 Å². The molecule has 2 N–H and O–H groups in total. The van der Waals surface area contributed by atoms with Gasteiger partial charge in [-0.3, -0.25) is 0 Å². The summed E-state index contributed by atoms with van der Waals surface area (Å²) in [6.45, 7) is 6.13. The molecule has 0 amide bonds. The van der Waals surface area contributed by atoms with Gasteiger partial charge in [-0.05, 0) is 5.56 Å². The fourth-order valence-corrected chi connectivity index (χ4v) is 2.04. The van der Waals surface area contributed by atoms with E-state index in [-0.39, 0.29) is 5.41 Å². The Bertz CT molecular complexity index is 365. The number of aliphatic hydroxyl groups is 1. The third-order valence-corrected chi connectivity index (χ3v) is 3.25. The van der Waals surface area contributed by atoms with Crippen LogP contribution in [0.1, 0.15) is 12.5 Å². The molecule has 1 unspecified atom stereocenters. The van der Waals surface area contributed by atoms with E-state index in [1.807, 2.05) is 30.3 Å². The van der Waals surface area contributed by atoms with Gasteiger partial charge in [0, 0.05) is 18.5 Å². The van der Waals surface area contributed by atoms with Crippen LogP contribution in [0.15, 0.2) is 30.3 Å². The summed E-state index contributed by atoms with van der Waals surface area (Å²) < 4.78 is 10.7. The molecule has 2 rings (SSSR count). The van der Waals surface area contributed by atoms with E-state index >= 15 is 0 Å². The van der Waals surface area contributed by atoms with E-state index in [0.29, 0.717) is 19.8 Å². The second kappa shape index (κ2) is 7.01. The summed E-state index contributed by atoms with van der Waals surface area (Å²) in [7, 11) is 0. The first-order valence-corrected chi connectivity index (χ1v) is 6.76. The summed E-state index contributed by atoms with van der Waals surface area (Å²) in [5.74, 6) is 0. The van der Waals surface area contributed by atoms with Gasteiger partial charge < -0.3 is 19.9 Å². The highest BCUT2D eigenvalue weighted by atomic mass is 16.5. The normalized spacial score (nSPS) is 18.8. The molecule has 0 saturated carbocycles. The molecule has 4 nitrogen and oxygen atoms in total. The molecule has 0 aliphatic carbocycles. The van der Waals surface area contributed by atoms with Crippen molar-refractivity contribution in [2.45, 2.75) is 19.6 Å². The molecule has 1 aromatic carbocycles. The molecule has 106 valence electrons. The van der Waals surface area contributed by atoms with Gasteiger partial charge in [0.25, 0.3) is 0 Å². The highest BCUT2D eigenvalue weighted by Crippen LogP contribution is 2.24. The van der Waals surface area contributed by atoms with Crippen LogP contribution in [0.3, 0.4) is 0 Å². The molecule has 1 fully saturated rings. The molecule has 4 heteroatoms. The van der Waals surface area contributed by atoms with Gasteiger partial charge in [0.15, 0.2) is 0 Å². The van der Waals surface area contributed by atoms with Crippen molar-refractivity contribution in [1.82, 2.24) is 5.32 Å². The first-order chi connectivity index (χ1) is 9.18. The Morgan fingerprint density at radius 2 is 2.11 bits per heavy atom. The fraction of sp³-hybridized carbons (Fsp3) is 0.600. The van der Waals surface area contributed by atoms with Gasteiger partial charge in [0.2, 0.25) is 0 Å². The number of ether oxygens (including phenoxy) is 2. The van der Waals surface area contributed by atoms with Gasteiger partial charge in [-0.2, -0.15) is 0 Å². The maximum absolute atomic E-state index is 9.80. The van der Waals surface area contributed by atoms with Crippen LogP contribution < -0.4 is 5.32 Å². The minimum absolute atomic E-state index is 0.241. The Hall–Kier alpha value is -0.940. The Labute approximate surface area is 114 Å². The number of hydrogen-bond donors (Lipinski definition) is 2. The molecule has 0 spiro atoms. The quantitative estimate of drug-likeness (QED) is 0.741. The monoisotopic (exact) mass is 265 g/mol. The molecule has 1 atom stereocenters.